The zero-order chi connectivity index (χ0) is 14.1. The molecule has 3 nitrogen and oxygen atoms in total. The molecule has 0 spiro atoms. The van der Waals surface area contributed by atoms with Crippen LogP contribution in [0.2, 0.25) is 0 Å². The van der Waals surface area contributed by atoms with Crippen molar-refractivity contribution < 1.29 is 13.2 Å². The molecule has 0 N–H and O–H groups in total. The number of Topliss-reactive ketones (excluding diaryl/α,β-unsaturated/α-hetero) is 1. The summed E-state index contributed by atoms with van der Waals surface area (Å²) in [6, 6.07) is 0. The standard InChI is InChI=1S/C15H26O3S/c1-3-15(9-4-5-10-15)14(16)12-7-6-8-13(11-12)19(2,17)18/h12-13H,3-11H2,1-2H3. The van der Waals surface area contributed by atoms with Gasteiger partial charge in [0.1, 0.15) is 15.6 Å². The van der Waals surface area contributed by atoms with Gasteiger partial charge in [-0.05, 0) is 38.5 Å². The van der Waals surface area contributed by atoms with Crippen molar-refractivity contribution in [3.63, 3.8) is 0 Å². The highest BCUT2D eigenvalue weighted by Crippen LogP contribution is 2.46. The maximum atomic E-state index is 12.8. The summed E-state index contributed by atoms with van der Waals surface area (Å²) in [5.41, 5.74) is -0.121. The first-order valence-corrected chi connectivity index (χ1v) is 9.58. The number of hydrogen-bond donors (Lipinski definition) is 0. The molecule has 2 aliphatic rings. The van der Waals surface area contributed by atoms with Crippen LogP contribution in [0.5, 0.6) is 0 Å². The van der Waals surface area contributed by atoms with E-state index in [4.69, 9.17) is 0 Å². The lowest BCUT2D eigenvalue weighted by atomic mass is 9.70. The number of rotatable bonds is 4. The summed E-state index contributed by atoms with van der Waals surface area (Å²) in [7, 11) is -2.99. The molecule has 0 radical (unpaired) electrons. The van der Waals surface area contributed by atoms with Gasteiger partial charge in [-0.2, -0.15) is 0 Å². The van der Waals surface area contributed by atoms with Gasteiger partial charge in [-0.3, -0.25) is 4.79 Å². The van der Waals surface area contributed by atoms with Crippen LogP contribution in [0.3, 0.4) is 0 Å². The van der Waals surface area contributed by atoms with E-state index in [1.54, 1.807) is 0 Å². The minimum atomic E-state index is -2.99. The molecule has 0 heterocycles. The second kappa shape index (κ2) is 5.55. The second-order valence-corrected chi connectivity index (χ2v) is 8.85. The maximum Gasteiger partial charge on any atom is 0.150 e. The molecule has 19 heavy (non-hydrogen) atoms. The summed E-state index contributed by atoms with van der Waals surface area (Å²) in [5.74, 6) is 0.368. The van der Waals surface area contributed by atoms with Gasteiger partial charge in [-0.25, -0.2) is 8.42 Å². The zero-order valence-electron chi connectivity index (χ0n) is 12.2. The summed E-state index contributed by atoms with van der Waals surface area (Å²) in [5, 5.41) is -0.287. The van der Waals surface area contributed by atoms with Crippen molar-refractivity contribution in [1.29, 1.82) is 0 Å². The van der Waals surface area contributed by atoms with Gasteiger partial charge >= 0.3 is 0 Å². The number of carbonyl (C=O) groups excluding carboxylic acids is 1. The Hall–Kier alpha value is -0.380. The minimum Gasteiger partial charge on any atom is -0.299 e. The molecule has 2 saturated carbocycles. The highest BCUT2D eigenvalue weighted by atomic mass is 32.2. The molecular formula is C15H26O3S. The molecule has 2 rings (SSSR count). The van der Waals surface area contributed by atoms with Crippen LogP contribution in [-0.4, -0.2) is 25.7 Å². The molecule has 2 unspecified atom stereocenters. The van der Waals surface area contributed by atoms with E-state index in [2.05, 4.69) is 6.92 Å². The average Bonchev–Trinajstić information content (AvgIpc) is 2.87. The second-order valence-electron chi connectivity index (χ2n) is 6.52. The van der Waals surface area contributed by atoms with Crippen LogP contribution < -0.4 is 0 Å². The van der Waals surface area contributed by atoms with Gasteiger partial charge in [0.25, 0.3) is 0 Å². The summed E-state index contributed by atoms with van der Waals surface area (Å²) >= 11 is 0. The number of carbonyl (C=O) groups is 1. The highest BCUT2D eigenvalue weighted by Gasteiger charge is 2.44. The molecule has 0 aliphatic heterocycles. The normalized spacial score (nSPS) is 31.3. The predicted molar refractivity (Wildman–Crippen MR) is 76.8 cm³/mol. The fraction of sp³-hybridized carbons (Fsp3) is 0.933. The first-order valence-electron chi connectivity index (χ1n) is 7.62. The number of ketones is 1. The van der Waals surface area contributed by atoms with Crippen LogP contribution in [0.25, 0.3) is 0 Å². The van der Waals surface area contributed by atoms with Gasteiger partial charge in [0, 0.05) is 17.6 Å². The van der Waals surface area contributed by atoms with Crippen LogP contribution >= 0.6 is 0 Å². The quantitative estimate of drug-likeness (QED) is 0.798. The summed E-state index contributed by atoms with van der Waals surface area (Å²) in [6.45, 7) is 2.11. The molecule has 2 atom stereocenters. The first-order chi connectivity index (χ1) is 8.89. The SMILES string of the molecule is CCC1(C(=O)C2CCCC(S(C)(=O)=O)C2)CCCC1. The van der Waals surface area contributed by atoms with Crippen LogP contribution in [0.15, 0.2) is 0 Å². The Balaban J connectivity index is 2.11. The summed E-state index contributed by atoms with van der Waals surface area (Å²) in [4.78, 5) is 12.8. The Morgan fingerprint density at radius 2 is 1.79 bits per heavy atom. The lowest BCUT2D eigenvalue weighted by Crippen LogP contribution is -2.38. The topological polar surface area (TPSA) is 51.2 Å². The molecular weight excluding hydrogens is 260 g/mol. The molecule has 0 aromatic carbocycles. The average molecular weight is 286 g/mol. The number of sulfone groups is 1. The third kappa shape index (κ3) is 3.04. The third-order valence-electron chi connectivity index (χ3n) is 5.36. The molecule has 0 aromatic rings. The molecule has 0 bridgehead atoms. The molecule has 110 valence electrons. The summed E-state index contributed by atoms with van der Waals surface area (Å²) in [6.07, 6.45) is 9.66. The molecule has 2 fully saturated rings. The van der Waals surface area contributed by atoms with Crippen LogP contribution in [0, 0.1) is 11.3 Å². The largest absolute Gasteiger partial charge is 0.299 e. The van der Waals surface area contributed by atoms with Crippen molar-refractivity contribution >= 4 is 15.6 Å². The van der Waals surface area contributed by atoms with Crippen molar-refractivity contribution in [3.8, 4) is 0 Å². The number of hydrogen-bond acceptors (Lipinski definition) is 3. The Morgan fingerprint density at radius 1 is 1.16 bits per heavy atom. The highest BCUT2D eigenvalue weighted by molar-refractivity contribution is 7.91. The van der Waals surface area contributed by atoms with Crippen molar-refractivity contribution in [1.82, 2.24) is 0 Å². The maximum absolute atomic E-state index is 12.8. The van der Waals surface area contributed by atoms with Gasteiger partial charge < -0.3 is 0 Å². The smallest absolute Gasteiger partial charge is 0.150 e. The molecule has 0 aromatic heterocycles. The molecule has 0 saturated heterocycles. The molecule has 2 aliphatic carbocycles. The Morgan fingerprint density at radius 3 is 2.32 bits per heavy atom. The van der Waals surface area contributed by atoms with Gasteiger partial charge in [0.2, 0.25) is 0 Å². The van der Waals surface area contributed by atoms with E-state index in [1.807, 2.05) is 0 Å². The van der Waals surface area contributed by atoms with Gasteiger partial charge in [0.05, 0.1) is 5.25 Å². The van der Waals surface area contributed by atoms with Crippen molar-refractivity contribution in [3.05, 3.63) is 0 Å². The Kier molecular flexibility index (Phi) is 4.38. The lowest BCUT2D eigenvalue weighted by Gasteiger charge is -2.34. The van der Waals surface area contributed by atoms with Gasteiger partial charge in [0.15, 0.2) is 0 Å². The van der Waals surface area contributed by atoms with E-state index in [0.29, 0.717) is 12.2 Å². The molecule has 0 amide bonds. The van der Waals surface area contributed by atoms with Crippen molar-refractivity contribution in [2.75, 3.05) is 6.26 Å². The zero-order valence-corrected chi connectivity index (χ0v) is 13.0. The fourth-order valence-electron chi connectivity index (χ4n) is 4.03. The lowest BCUT2D eigenvalue weighted by molar-refractivity contribution is -0.133. The van der Waals surface area contributed by atoms with Crippen molar-refractivity contribution in [2.45, 2.75) is 70.0 Å². The molecule has 4 heteroatoms. The van der Waals surface area contributed by atoms with E-state index >= 15 is 0 Å². The van der Waals surface area contributed by atoms with Gasteiger partial charge in [-0.15, -0.1) is 0 Å². The Labute approximate surface area is 117 Å². The van der Waals surface area contributed by atoms with Crippen LogP contribution in [-0.2, 0) is 14.6 Å². The van der Waals surface area contributed by atoms with Crippen molar-refractivity contribution in [2.24, 2.45) is 11.3 Å². The third-order valence-corrected chi connectivity index (χ3v) is 7.00. The van der Waals surface area contributed by atoms with E-state index in [-0.39, 0.29) is 16.6 Å². The Bertz CT molecular complexity index is 432. The van der Waals surface area contributed by atoms with Gasteiger partial charge in [-0.1, -0.05) is 26.2 Å². The first kappa shape index (κ1) is 15.0. The predicted octanol–water partition coefficient (Wildman–Crippen LogP) is 3.13. The monoisotopic (exact) mass is 286 g/mol. The van der Waals surface area contributed by atoms with E-state index in [9.17, 15) is 13.2 Å². The van der Waals surface area contributed by atoms with Crippen LogP contribution in [0.1, 0.15) is 64.7 Å². The summed E-state index contributed by atoms with van der Waals surface area (Å²) < 4.78 is 23.4. The minimum absolute atomic E-state index is 0.00785. The van der Waals surface area contributed by atoms with E-state index in [1.165, 1.54) is 6.26 Å². The van der Waals surface area contributed by atoms with Crippen LogP contribution in [0.4, 0.5) is 0 Å². The van der Waals surface area contributed by atoms with E-state index in [0.717, 1.165) is 51.4 Å². The van der Waals surface area contributed by atoms with E-state index < -0.39 is 9.84 Å². The fourth-order valence-corrected chi connectivity index (χ4v) is 5.21.